The Labute approximate surface area is 144 Å². The first-order valence-corrected chi connectivity index (χ1v) is 8.48. The minimum atomic E-state index is -0.0907. The summed E-state index contributed by atoms with van der Waals surface area (Å²) in [6.45, 7) is 9.83. The van der Waals surface area contributed by atoms with Crippen LogP contribution < -0.4 is 11.1 Å². The van der Waals surface area contributed by atoms with E-state index in [1.165, 1.54) is 5.56 Å². The van der Waals surface area contributed by atoms with Gasteiger partial charge in [-0.15, -0.1) is 0 Å². The molecule has 0 saturated carbocycles. The third-order valence-electron chi connectivity index (χ3n) is 4.28. The van der Waals surface area contributed by atoms with E-state index in [0.717, 1.165) is 30.8 Å². The minimum absolute atomic E-state index is 0.0907. The zero-order valence-electron chi connectivity index (χ0n) is 14.8. The van der Waals surface area contributed by atoms with Gasteiger partial charge >= 0.3 is 0 Å². The fourth-order valence-corrected chi connectivity index (χ4v) is 2.63. The number of anilines is 1. The van der Waals surface area contributed by atoms with Crippen molar-refractivity contribution in [3.8, 4) is 0 Å². The first-order chi connectivity index (χ1) is 11.5. The quantitative estimate of drug-likeness (QED) is 0.768. The molecule has 0 spiro atoms. The predicted molar refractivity (Wildman–Crippen MR) is 99.8 cm³/mol. The number of nitrogen functional groups attached to an aromatic ring is 1. The summed E-state index contributed by atoms with van der Waals surface area (Å²) in [6, 6.07) is 13.8. The number of nitrogens with one attached hydrogen (secondary N) is 1. The summed E-state index contributed by atoms with van der Waals surface area (Å²) in [5.41, 5.74) is 10.3. The van der Waals surface area contributed by atoms with E-state index in [0.29, 0.717) is 17.8 Å². The molecule has 128 valence electrons. The Morgan fingerprint density at radius 2 is 1.67 bits per heavy atom. The fraction of sp³-hybridized carbons (Fsp3) is 0.350. The second-order valence-electron chi connectivity index (χ2n) is 6.03. The Balaban J connectivity index is 1.94. The summed E-state index contributed by atoms with van der Waals surface area (Å²) in [7, 11) is 0. The van der Waals surface area contributed by atoms with Gasteiger partial charge in [-0.2, -0.15) is 0 Å². The molecule has 2 rings (SSSR count). The SMILES string of the molecule is CCN(CC)Cc1ccc(CNC(=O)c2cc(N)ccc2C)cc1. The molecule has 2 aromatic carbocycles. The van der Waals surface area contributed by atoms with Crippen LogP contribution in [0.3, 0.4) is 0 Å². The van der Waals surface area contributed by atoms with Crippen LogP contribution in [0.2, 0.25) is 0 Å². The van der Waals surface area contributed by atoms with E-state index in [4.69, 9.17) is 5.73 Å². The lowest BCUT2D eigenvalue weighted by molar-refractivity contribution is 0.0950. The van der Waals surface area contributed by atoms with Gasteiger partial charge in [-0.25, -0.2) is 0 Å². The van der Waals surface area contributed by atoms with E-state index < -0.39 is 0 Å². The molecule has 0 aromatic heterocycles. The lowest BCUT2D eigenvalue weighted by Gasteiger charge is -2.18. The van der Waals surface area contributed by atoms with Gasteiger partial charge in [0, 0.05) is 24.3 Å². The number of aryl methyl sites for hydroxylation is 1. The molecule has 0 unspecified atom stereocenters. The number of carbonyl (C=O) groups excluding carboxylic acids is 1. The molecule has 0 aliphatic carbocycles. The van der Waals surface area contributed by atoms with Crippen molar-refractivity contribution in [2.45, 2.75) is 33.9 Å². The molecular formula is C20H27N3O. The van der Waals surface area contributed by atoms with Gasteiger partial charge in [0.1, 0.15) is 0 Å². The van der Waals surface area contributed by atoms with Crippen LogP contribution >= 0.6 is 0 Å². The maximum absolute atomic E-state index is 12.3. The Morgan fingerprint density at radius 1 is 1.04 bits per heavy atom. The number of amides is 1. The van der Waals surface area contributed by atoms with Crippen molar-refractivity contribution in [2.75, 3.05) is 18.8 Å². The summed E-state index contributed by atoms with van der Waals surface area (Å²) >= 11 is 0. The zero-order valence-corrected chi connectivity index (χ0v) is 14.8. The molecule has 0 saturated heterocycles. The third-order valence-corrected chi connectivity index (χ3v) is 4.28. The first-order valence-electron chi connectivity index (χ1n) is 8.48. The van der Waals surface area contributed by atoms with Gasteiger partial charge in [0.2, 0.25) is 0 Å². The van der Waals surface area contributed by atoms with Crippen molar-refractivity contribution in [2.24, 2.45) is 0 Å². The molecule has 0 radical (unpaired) electrons. The standard InChI is InChI=1S/C20H27N3O/c1-4-23(5-2)14-17-9-7-16(8-10-17)13-22-20(24)19-12-18(21)11-6-15(19)3/h6-12H,4-5,13-14,21H2,1-3H3,(H,22,24). The maximum atomic E-state index is 12.3. The van der Waals surface area contributed by atoms with E-state index in [9.17, 15) is 4.79 Å². The number of rotatable bonds is 7. The third kappa shape index (κ3) is 4.83. The summed E-state index contributed by atoms with van der Waals surface area (Å²) in [5.74, 6) is -0.0907. The van der Waals surface area contributed by atoms with Crippen molar-refractivity contribution in [3.05, 3.63) is 64.7 Å². The van der Waals surface area contributed by atoms with Crippen LogP contribution in [-0.4, -0.2) is 23.9 Å². The Kier molecular flexibility index (Phi) is 6.38. The minimum Gasteiger partial charge on any atom is -0.399 e. The van der Waals surface area contributed by atoms with E-state index in [2.05, 4.69) is 48.3 Å². The van der Waals surface area contributed by atoms with Crippen LogP contribution in [0.5, 0.6) is 0 Å². The Morgan fingerprint density at radius 3 is 2.29 bits per heavy atom. The monoisotopic (exact) mass is 325 g/mol. The molecule has 0 aliphatic rings. The number of hydrogen-bond donors (Lipinski definition) is 2. The highest BCUT2D eigenvalue weighted by Crippen LogP contribution is 2.13. The number of carbonyl (C=O) groups is 1. The topological polar surface area (TPSA) is 58.4 Å². The predicted octanol–water partition coefficient (Wildman–Crippen LogP) is 3.35. The van der Waals surface area contributed by atoms with E-state index >= 15 is 0 Å². The molecule has 0 fully saturated rings. The second kappa shape index (κ2) is 8.50. The van der Waals surface area contributed by atoms with Gasteiger partial charge in [0.05, 0.1) is 0 Å². The maximum Gasteiger partial charge on any atom is 0.251 e. The second-order valence-corrected chi connectivity index (χ2v) is 6.03. The Bertz CT molecular complexity index is 676. The van der Waals surface area contributed by atoms with Crippen LogP contribution in [0.25, 0.3) is 0 Å². The van der Waals surface area contributed by atoms with E-state index in [1.807, 2.05) is 13.0 Å². The van der Waals surface area contributed by atoms with Crippen LogP contribution in [-0.2, 0) is 13.1 Å². The molecule has 1 amide bonds. The summed E-state index contributed by atoms with van der Waals surface area (Å²) in [6.07, 6.45) is 0. The molecule has 0 atom stereocenters. The molecule has 0 aliphatic heterocycles. The van der Waals surface area contributed by atoms with Gasteiger partial charge in [-0.1, -0.05) is 44.2 Å². The number of hydrogen-bond acceptors (Lipinski definition) is 3. The molecule has 0 bridgehead atoms. The number of nitrogens with two attached hydrogens (primary N) is 1. The molecule has 4 heteroatoms. The summed E-state index contributed by atoms with van der Waals surface area (Å²) in [5, 5.41) is 2.96. The molecule has 2 aromatic rings. The van der Waals surface area contributed by atoms with Gasteiger partial charge < -0.3 is 11.1 Å². The van der Waals surface area contributed by atoms with Gasteiger partial charge in [-0.05, 0) is 48.8 Å². The van der Waals surface area contributed by atoms with Crippen molar-refractivity contribution < 1.29 is 4.79 Å². The highest BCUT2D eigenvalue weighted by molar-refractivity contribution is 5.96. The fourth-order valence-electron chi connectivity index (χ4n) is 2.63. The average Bonchev–Trinajstić information content (AvgIpc) is 2.60. The van der Waals surface area contributed by atoms with E-state index in [1.54, 1.807) is 12.1 Å². The van der Waals surface area contributed by atoms with Gasteiger partial charge in [0.25, 0.3) is 5.91 Å². The molecule has 3 N–H and O–H groups in total. The smallest absolute Gasteiger partial charge is 0.251 e. The molecule has 24 heavy (non-hydrogen) atoms. The summed E-state index contributed by atoms with van der Waals surface area (Å²) in [4.78, 5) is 14.7. The number of benzene rings is 2. The Hall–Kier alpha value is -2.33. The lowest BCUT2D eigenvalue weighted by Crippen LogP contribution is -2.24. The van der Waals surface area contributed by atoms with Crippen LogP contribution in [0, 0.1) is 6.92 Å². The molecule has 0 heterocycles. The average molecular weight is 325 g/mol. The van der Waals surface area contributed by atoms with Crippen LogP contribution in [0.15, 0.2) is 42.5 Å². The normalized spacial score (nSPS) is 10.8. The molecule has 4 nitrogen and oxygen atoms in total. The summed E-state index contributed by atoms with van der Waals surface area (Å²) < 4.78 is 0. The van der Waals surface area contributed by atoms with Gasteiger partial charge in [0.15, 0.2) is 0 Å². The number of nitrogens with zero attached hydrogens (tertiary/aromatic N) is 1. The largest absolute Gasteiger partial charge is 0.399 e. The van der Waals surface area contributed by atoms with Crippen molar-refractivity contribution >= 4 is 11.6 Å². The van der Waals surface area contributed by atoms with Gasteiger partial charge in [-0.3, -0.25) is 9.69 Å². The molecular weight excluding hydrogens is 298 g/mol. The highest BCUT2D eigenvalue weighted by atomic mass is 16.1. The lowest BCUT2D eigenvalue weighted by atomic mass is 10.1. The van der Waals surface area contributed by atoms with Crippen molar-refractivity contribution in [3.63, 3.8) is 0 Å². The van der Waals surface area contributed by atoms with Crippen molar-refractivity contribution in [1.82, 2.24) is 10.2 Å². The zero-order chi connectivity index (χ0) is 17.5. The van der Waals surface area contributed by atoms with E-state index in [-0.39, 0.29) is 5.91 Å². The van der Waals surface area contributed by atoms with Crippen molar-refractivity contribution in [1.29, 1.82) is 0 Å². The first kappa shape index (κ1) is 18.0. The van der Waals surface area contributed by atoms with Crippen LogP contribution in [0.1, 0.15) is 40.9 Å². The van der Waals surface area contributed by atoms with Crippen LogP contribution in [0.4, 0.5) is 5.69 Å². The highest BCUT2D eigenvalue weighted by Gasteiger charge is 2.09.